The molecule has 2 N–H and O–H groups in total. The Balaban J connectivity index is 2.56. The lowest BCUT2D eigenvalue weighted by Gasteiger charge is -2.05. The predicted octanol–water partition coefficient (Wildman–Crippen LogP) is 1.62. The zero-order chi connectivity index (χ0) is 9.52. The molecule has 0 aliphatic rings. The zero-order valence-electron chi connectivity index (χ0n) is 8.30. The molecule has 1 aromatic rings. The number of nitrogens with one attached hydrogen (secondary N) is 2. The maximum absolute atomic E-state index is 4.26. The second kappa shape index (κ2) is 5.54. The van der Waals surface area contributed by atoms with E-state index >= 15 is 0 Å². The van der Waals surface area contributed by atoms with Crippen molar-refractivity contribution in [1.29, 1.82) is 0 Å². The van der Waals surface area contributed by atoms with Crippen molar-refractivity contribution < 1.29 is 0 Å². The summed E-state index contributed by atoms with van der Waals surface area (Å²) >= 11 is 0. The SMILES string of the molecule is CCNCc1cc(NCC)ccn1. The lowest BCUT2D eigenvalue weighted by atomic mass is 10.3. The molecule has 13 heavy (non-hydrogen) atoms. The van der Waals surface area contributed by atoms with Gasteiger partial charge in [-0.3, -0.25) is 4.98 Å². The Morgan fingerprint density at radius 2 is 2.15 bits per heavy atom. The number of aromatic nitrogens is 1. The summed E-state index contributed by atoms with van der Waals surface area (Å²) in [6, 6.07) is 4.06. The Kier molecular flexibility index (Phi) is 4.26. The number of rotatable bonds is 5. The molecule has 1 rings (SSSR count). The molecule has 3 nitrogen and oxygen atoms in total. The van der Waals surface area contributed by atoms with Crippen molar-refractivity contribution in [3.63, 3.8) is 0 Å². The molecule has 0 amide bonds. The van der Waals surface area contributed by atoms with Crippen molar-refractivity contribution in [3.8, 4) is 0 Å². The molecule has 0 aromatic carbocycles. The van der Waals surface area contributed by atoms with Crippen molar-refractivity contribution >= 4 is 5.69 Å². The molecule has 3 heteroatoms. The summed E-state index contributed by atoms with van der Waals surface area (Å²) in [7, 11) is 0. The first-order valence-electron chi connectivity index (χ1n) is 4.76. The second-order valence-corrected chi connectivity index (χ2v) is 2.85. The zero-order valence-corrected chi connectivity index (χ0v) is 8.30. The first kappa shape index (κ1) is 9.99. The maximum atomic E-state index is 4.26. The van der Waals surface area contributed by atoms with E-state index in [4.69, 9.17) is 0 Å². The molecular formula is C10H17N3. The van der Waals surface area contributed by atoms with E-state index in [1.165, 1.54) is 0 Å². The highest BCUT2D eigenvalue weighted by atomic mass is 14.9. The van der Waals surface area contributed by atoms with Crippen molar-refractivity contribution in [1.82, 2.24) is 10.3 Å². The van der Waals surface area contributed by atoms with E-state index < -0.39 is 0 Å². The van der Waals surface area contributed by atoms with Crippen molar-refractivity contribution in [2.75, 3.05) is 18.4 Å². The molecule has 0 saturated heterocycles. The van der Waals surface area contributed by atoms with Gasteiger partial charge in [0, 0.05) is 25.0 Å². The Bertz CT molecular complexity index is 248. The van der Waals surface area contributed by atoms with Gasteiger partial charge in [-0.1, -0.05) is 6.92 Å². The third-order valence-corrected chi connectivity index (χ3v) is 1.75. The monoisotopic (exact) mass is 179 g/mol. The molecule has 72 valence electrons. The van der Waals surface area contributed by atoms with Gasteiger partial charge in [0.25, 0.3) is 0 Å². The second-order valence-electron chi connectivity index (χ2n) is 2.85. The predicted molar refractivity (Wildman–Crippen MR) is 55.8 cm³/mol. The van der Waals surface area contributed by atoms with E-state index in [1.54, 1.807) is 0 Å². The van der Waals surface area contributed by atoms with Crippen LogP contribution >= 0.6 is 0 Å². The van der Waals surface area contributed by atoms with Crippen LogP contribution in [0.4, 0.5) is 5.69 Å². The van der Waals surface area contributed by atoms with E-state index in [0.29, 0.717) is 0 Å². The summed E-state index contributed by atoms with van der Waals surface area (Å²) in [6.07, 6.45) is 1.84. The van der Waals surface area contributed by atoms with E-state index in [0.717, 1.165) is 31.0 Å². The lowest BCUT2D eigenvalue weighted by molar-refractivity contribution is 0.711. The topological polar surface area (TPSA) is 37.0 Å². The summed E-state index contributed by atoms with van der Waals surface area (Å²) in [5.41, 5.74) is 2.23. The van der Waals surface area contributed by atoms with Gasteiger partial charge in [0.15, 0.2) is 0 Å². The number of anilines is 1. The van der Waals surface area contributed by atoms with Gasteiger partial charge in [0.2, 0.25) is 0 Å². The van der Waals surface area contributed by atoms with Crippen LogP contribution in [0.2, 0.25) is 0 Å². The molecule has 0 fully saturated rings. The number of hydrogen-bond donors (Lipinski definition) is 2. The van der Waals surface area contributed by atoms with Crippen LogP contribution in [0.1, 0.15) is 19.5 Å². The van der Waals surface area contributed by atoms with Crippen LogP contribution in [-0.2, 0) is 6.54 Å². The smallest absolute Gasteiger partial charge is 0.0562 e. The third kappa shape index (κ3) is 3.42. The number of nitrogens with zero attached hydrogens (tertiary/aromatic N) is 1. The average Bonchev–Trinajstić information content (AvgIpc) is 2.16. The molecule has 0 spiro atoms. The maximum Gasteiger partial charge on any atom is 0.0562 e. The van der Waals surface area contributed by atoms with Crippen LogP contribution in [0.3, 0.4) is 0 Å². The third-order valence-electron chi connectivity index (χ3n) is 1.75. The van der Waals surface area contributed by atoms with Crippen LogP contribution in [-0.4, -0.2) is 18.1 Å². The standard InChI is InChI=1S/C10H17N3/c1-3-11-8-10-7-9(12-4-2)5-6-13-10/h5-7,11H,3-4,8H2,1-2H3,(H,12,13). The van der Waals surface area contributed by atoms with E-state index in [2.05, 4.69) is 35.5 Å². The normalized spacial score (nSPS) is 10.0. The van der Waals surface area contributed by atoms with Crippen LogP contribution in [0.25, 0.3) is 0 Å². The van der Waals surface area contributed by atoms with Gasteiger partial charge in [-0.15, -0.1) is 0 Å². The Hall–Kier alpha value is -1.09. The van der Waals surface area contributed by atoms with Crippen LogP contribution in [0.5, 0.6) is 0 Å². The summed E-state index contributed by atoms with van der Waals surface area (Å²) in [4.78, 5) is 4.26. The lowest BCUT2D eigenvalue weighted by Crippen LogP contribution is -2.13. The molecule has 0 radical (unpaired) electrons. The average molecular weight is 179 g/mol. The largest absolute Gasteiger partial charge is 0.385 e. The minimum absolute atomic E-state index is 0.843. The Labute approximate surface area is 79.6 Å². The molecule has 0 saturated carbocycles. The molecule has 0 bridgehead atoms. The Morgan fingerprint density at radius 1 is 1.31 bits per heavy atom. The van der Waals surface area contributed by atoms with Crippen LogP contribution in [0, 0.1) is 0 Å². The van der Waals surface area contributed by atoms with Crippen molar-refractivity contribution in [2.45, 2.75) is 20.4 Å². The quantitative estimate of drug-likeness (QED) is 0.721. The molecule has 1 aromatic heterocycles. The molecule has 0 unspecified atom stereocenters. The van der Waals surface area contributed by atoms with Gasteiger partial charge in [0.1, 0.15) is 0 Å². The van der Waals surface area contributed by atoms with Gasteiger partial charge < -0.3 is 10.6 Å². The van der Waals surface area contributed by atoms with Gasteiger partial charge >= 0.3 is 0 Å². The first-order chi connectivity index (χ1) is 6.36. The fourth-order valence-electron chi connectivity index (χ4n) is 1.14. The summed E-state index contributed by atoms with van der Waals surface area (Å²) in [6.45, 7) is 6.95. The van der Waals surface area contributed by atoms with E-state index in [-0.39, 0.29) is 0 Å². The molecule has 1 heterocycles. The summed E-state index contributed by atoms with van der Waals surface area (Å²) in [5.74, 6) is 0. The highest BCUT2D eigenvalue weighted by Gasteiger charge is 1.94. The molecule has 0 aliphatic carbocycles. The molecule has 0 aliphatic heterocycles. The van der Waals surface area contributed by atoms with Crippen LogP contribution in [0.15, 0.2) is 18.3 Å². The summed E-state index contributed by atoms with van der Waals surface area (Å²) in [5, 5.41) is 6.50. The number of hydrogen-bond acceptors (Lipinski definition) is 3. The Morgan fingerprint density at radius 3 is 2.85 bits per heavy atom. The fraction of sp³-hybridized carbons (Fsp3) is 0.500. The highest BCUT2D eigenvalue weighted by molar-refractivity contribution is 5.42. The van der Waals surface area contributed by atoms with Gasteiger partial charge in [-0.25, -0.2) is 0 Å². The van der Waals surface area contributed by atoms with Crippen LogP contribution < -0.4 is 10.6 Å². The molecule has 0 atom stereocenters. The summed E-state index contributed by atoms with van der Waals surface area (Å²) < 4.78 is 0. The van der Waals surface area contributed by atoms with Crippen molar-refractivity contribution in [2.24, 2.45) is 0 Å². The minimum atomic E-state index is 0.843. The fourth-order valence-corrected chi connectivity index (χ4v) is 1.14. The van der Waals surface area contributed by atoms with Gasteiger partial charge in [-0.2, -0.15) is 0 Å². The van der Waals surface area contributed by atoms with E-state index in [9.17, 15) is 0 Å². The number of pyridine rings is 1. The minimum Gasteiger partial charge on any atom is -0.385 e. The van der Waals surface area contributed by atoms with Crippen molar-refractivity contribution in [3.05, 3.63) is 24.0 Å². The van der Waals surface area contributed by atoms with E-state index in [1.807, 2.05) is 12.3 Å². The van der Waals surface area contributed by atoms with Gasteiger partial charge in [0.05, 0.1) is 5.69 Å². The first-order valence-corrected chi connectivity index (χ1v) is 4.76. The van der Waals surface area contributed by atoms with Gasteiger partial charge in [-0.05, 0) is 25.6 Å². The molecular weight excluding hydrogens is 162 g/mol. The highest BCUT2D eigenvalue weighted by Crippen LogP contribution is 2.06.